The van der Waals surface area contributed by atoms with Gasteiger partial charge in [0.05, 0.1) is 11.1 Å². The van der Waals surface area contributed by atoms with E-state index in [1.807, 2.05) is 0 Å². The van der Waals surface area contributed by atoms with Crippen molar-refractivity contribution < 1.29 is 9.50 Å². The van der Waals surface area contributed by atoms with Crippen LogP contribution in [-0.4, -0.2) is 5.11 Å². The number of aliphatic hydroxyl groups is 1. The van der Waals surface area contributed by atoms with E-state index in [1.54, 1.807) is 12.1 Å². The fraction of sp³-hybridized carbons (Fsp3) is 0.400. The van der Waals surface area contributed by atoms with Gasteiger partial charge in [0.15, 0.2) is 0 Å². The van der Waals surface area contributed by atoms with Crippen molar-refractivity contribution in [3.8, 4) is 0 Å². The van der Waals surface area contributed by atoms with E-state index < -0.39 is 11.9 Å². The lowest BCUT2D eigenvalue weighted by Crippen LogP contribution is -2.02. The molecule has 0 spiro atoms. The molecule has 1 aliphatic rings. The third kappa shape index (κ3) is 1.69. The van der Waals surface area contributed by atoms with Crippen LogP contribution in [-0.2, 0) is 0 Å². The third-order valence-electron chi connectivity index (χ3n) is 2.37. The molecule has 0 bridgehead atoms. The molecule has 1 aliphatic carbocycles. The van der Waals surface area contributed by atoms with Crippen LogP contribution >= 0.6 is 11.6 Å². The Morgan fingerprint density at radius 2 is 2.15 bits per heavy atom. The van der Waals surface area contributed by atoms with Gasteiger partial charge in [-0.3, -0.25) is 0 Å². The predicted octanol–water partition coefficient (Wildman–Crippen LogP) is 2.92. The van der Waals surface area contributed by atoms with E-state index in [0.29, 0.717) is 5.56 Å². The van der Waals surface area contributed by atoms with Gasteiger partial charge in [0.1, 0.15) is 5.82 Å². The van der Waals surface area contributed by atoms with Gasteiger partial charge < -0.3 is 5.11 Å². The van der Waals surface area contributed by atoms with Crippen molar-refractivity contribution in [2.75, 3.05) is 0 Å². The van der Waals surface area contributed by atoms with Crippen LogP contribution in [0, 0.1) is 11.7 Å². The first-order chi connectivity index (χ1) is 6.20. The van der Waals surface area contributed by atoms with Gasteiger partial charge in [-0.05, 0) is 24.8 Å². The Morgan fingerprint density at radius 1 is 1.46 bits per heavy atom. The van der Waals surface area contributed by atoms with E-state index in [1.165, 1.54) is 6.07 Å². The maximum absolute atomic E-state index is 13.3. The van der Waals surface area contributed by atoms with Gasteiger partial charge in [0.2, 0.25) is 0 Å². The SMILES string of the molecule is OC(c1cccc(Cl)c1F)C1CC1. The Balaban J connectivity index is 2.32. The summed E-state index contributed by atoms with van der Waals surface area (Å²) in [5.41, 5.74) is 0.329. The lowest BCUT2D eigenvalue weighted by Gasteiger charge is -2.10. The molecule has 1 aromatic carbocycles. The van der Waals surface area contributed by atoms with Gasteiger partial charge in [-0.1, -0.05) is 23.7 Å². The van der Waals surface area contributed by atoms with Crippen LogP contribution in [0.2, 0.25) is 5.02 Å². The summed E-state index contributed by atoms with van der Waals surface area (Å²) in [5, 5.41) is 9.75. The molecule has 0 radical (unpaired) electrons. The summed E-state index contributed by atoms with van der Waals surface area (Å²) in [4.78, 5) is 0. The van der Waals surface area contributed by atoms with Gasteiger partial charge in [-0.25, -0.2) is 4.39 Å². The molecule has 1 fully saturated rings. The first kappa shape index (κ1) is 8.97. The standard InChI is InChI=1S/C10H10ClFO/c11-8-3-1-2-7(9(8)12)10(13)6-4-5-6/h1-3,6,10,13H,4-5H2. The minimum atomic E-state index is -0.682. The largest absolute Gasteiger partial charge is 0.388 e. The molecular weight excluding hydrogens is 191 g/mol. The van der Waals surface area contributed by atoms with Gasteiger partial charge >= 0.3 is 0 Å². The highest BCUT2D eigenvalue weighted by molar-refractivity contribution is 6.30. The number of hydrogen-bond acceptors (Lipinski definition) is 1. The summed E-state index contributed by atoms with van der Waals surface area (Å²) in [6, 6.07) is 4.73. The summed E-state index contributed by atoms with van der Waals surface area (Å²) < 4.78 is 13.3. The van der Waals surface area contributed by atoms with Gasteiger partial charge in [0.25, 0.3) is 0 Å². The molecule has 0 heterocycles. The second kappa shape index (κ2) is 3.28. The van der Waals surface area contributed by atoms with Crippen molar-refractivity contribution in [2.24, 2.45) is 5.92 Å². The smallest absolute Gasteiger partial charge is 0.147 e. The highest BCUT2D eigenvalue weighted by atomic mass is 35.5. The Morgan fingerprint density at radius 3 is 2.77 bits per heavy atom. The van der Waals surface area contributed by atoms with Crippen LogP contribution < -0.4 is 0 Å². The molecule has 13 heavy (non-hydrogen) atoms. The summed E-state index contributed by atoms with van der Waals surface area (Å²) in [7, 11) is 0. The number of hydrogen-bond donors (Lipinski definition) is 1. The highest BCUT2D eigenvalue weighted by Crippen LogP contribution is 2.42. The topological polar surface area (TPSA) is 20.2 Å². The average molecular weight is 201 g/mol. The van der Waals surface area contributed by atoms with Gasteiger partial charge in [-0.15, -0.1) is 0 Å². The normalized spacial score (nSPS) is 18.7. The fourth-order valence-corrected chi connectivity index (χ4v) is 1.60. The van der Waals surface area contributed by atoms with Crippen LogP contribution in [0.25, 0.3) is 0 Å². The molecule has 2 rings (SSSR count). The quantitative estimate of drug-likeness (QED) is 0.779. The molecular formula is C10H10ClFO. The first-order valence-electron chi connectivity index (χ1n) is 4.32. The maximum Gasteiger partial charge on any atom is 0.147 e. The predicted molar refractivity (Wildman–Crippen MR) is 49.1 cm³/mol. The summed E-state index contributed by atoms with van der Waals surface area (Å²) in [6.07, 6.45) is 1.28. The van der Waals surface area contributed by atoms with Crippen molar-refractivity contribution in [2.45, 2.75) is 18.9 Å². The van der Waals surface area contributed by atoms with Gasteiger partial charge in [-0.2, -0.15) is 0 Å². The molecule has 1 aromatic rings. The minimum Gasteiger partial charge on any atom is -0.388 e. The lowest BCUT2D eigenvalue weighted by atomic mass is 10.1. The van der Waals surface area contributed by atoms with Crippen LogP contribution in [0.3, 0.4) is 0 Å². The second-order valence-electron chi connectivity index (χ2n) is 3.43. The Hall–Kier alpha value is -0.600. The molecule has 0 amide bonds. The van der Waals surface area contributed by atoms with E-state index in [4.69, 9.17) is 11.6 Å². The Labute approximate surface area is 81.1 Å². The van der Waals surface area contributed by atoms with E-state index in [0.717, 1.165) is 12.8 Å². The summed E-state index contributed by atoms with van der Waals surface area (Å²) >= 11 is 5.60. The molecule has 1 atom stereocenters. The minimum absolute atomic E-state index is 0.0807. The van der Waals surface area contributed by atoms with Crippen molar-refractivity contribution in [1.82, 2.24) is 0 Å². The molecule has 0 aromatic heterocycles. The molecule has 0 aliphatic heterocycles. The molecule has 0 saturated heterocycles. The number of halogens is 2. The lowest BCUT2D eigenvalue weighted by molar-refractivity contribution is 0.149. The average Bonchev–Trinajstić information content (AvgIpc) is 2.91. The zero-order chi connectivity index (χ0) is 9.42. The fourth-order valence-electron chi connectivity index (χ4n) is 1.41. The molecule has 1 unspecified atom stereocenters. The van der Waals surface area contributed by atoms with E-state index in [-0.39, 0.29) is 10.9 Å². The van der Waals surface area contributed by atoms with Gasteiger partial charge in [0, 0.05) is 5.56 Å². The van der Waals surface area contributed by atoms with E-state index in [2.05, 4.69) is 0 Å². The number of benzene rings is 1. The zero-order valence-electron chi connectivity index (χ0n) is 7.00. The second-order valence-corrected chi connectivity index (χ2v) is 3.83. The number of rotatable bonds is 2. The molecule has 1 nitrogen and oxygen atoms in total. The van der Waals surface area contributed by atoms with Crippen molar-refractivity contribution in [3.63, 3.8) is 0 Å². The molecule has 3 heteroatoms. The molecule has 70 valence electrons. The maximum atomic E-state index is 13.3. The van der Waals surface area contributed by atoms with Crippen LogP contribution in [0.5, 0.6) is 0 Å². The number of aliphatic hydroxyl groups excluding tert-OH is 1. The first-order valence-corrected chi connectivity index (χ1v) is 4.70. The monoisotopic (exact) mass is 200 g/mol. The van der Waals surface area contributed by atoms with Crippen LogP contribution in [0.15, 0.2) is 18.2 Å². The summed E-state index contributed by atoms with van der Waals surface area (Å²) in [5.74, 6) is -0.253. The van der Waals surface area contributed by atoms with Crippen LogP contribution in [0.4, 0.5) is 4.39 Å². The van der Waals surface area contributed by atoms with Crippen molar-refractivity contribution in [3.05, 3.63) is 34.6 Å². The van der Waals surface area contributed by atoms with Crippen molar-refractivity contribution >= 4 is 11.6 Å². The Kier molecular flexibility index (Phi) is 2.26. The Bertz CT molecular complexity index is 323. The van der Waals surface area contributed by atoms with Crippen molar-refractivity contribution in [1.29, 1.82) is 0 Å². The summed E-state index contributed by atoms with van der Waals surface area (Å²) in [6.45, 7) is 0. The highest BCUT2D eigenvalue weighted by Gasteiger charge is 2.32. The third-order valence-corrected chi connectivity index (χ3v) is 2.66. The molecule has 1 saturated carbocycles. The zero-order valence-corrected chi connectivity index (χ0v) is 7.76. The van der Waals surface area contributed by atoms with Crippen LogP contribution in [0.1, 0.15) is 24.5 Å². The van der Waals surface area contributed by atoms with E-state index in [9.17, 15) is 9.50 Å². The molecule has 1 N–H and O–H groups in total. The van der Waals surface area contributed by atoms with E-state index >= 15 is 0 Å².